The molecule has 2 atom stereocenters. The Morgan fingerprint density at radius 1 is 1.26 bits per heavy atom. The van der Waals surface area contributed by atoms with E-state index in [1.165, 1.54) is 12.0 Å². The molecule has 3 heterocycles. The van der Waals surface area contributed by atoms with Gasteiger partial charge < -0.3 is 25.4 Å². The van der Waals surface area contributed by atoms with E-state index in [1.807, 2.05) is 0 Å². The number of alkyl halides is 6. The number of nitrogens with zero attached hydrogens (tertiary/aromatic N) is 2. The number of methoxy groups -OCH3 is 1. The Morgan fingerprint density at radius 3 is 2.38 bits per heavy atom. The number of rotatable bonds is 5. The molecule has 0 aromatic carbocycles. The average Bonchev–Trinajstić information content (AvgIpc) is 3.43. The topological polar surface area (TPSA) is 104 Å². The molecule has 2 fully saturated rings. The van der Waals surface area contributed by atoms with Crippen LogP contribution in [0.1, 0.15) is 24.8 Å². The van der Waals surface area contributed by atoms with Crippen molar-refractivity contribution in [1.82, 2.24) is 15.6 Å². The molecule has 3 rings (SSSR count). The Hall–Kier alpha value is -2.84. The number of carbonyl (C=O) groups excluding carboxylic acids is 1. The van der Waals surface area contributed by atoms with Crippen molar-refractivity contribution in [3.05, 3.63) is 17.4 Å². The Morgan fingerprint density at radius 2 is 1.91 bits per heavy atom. The highest BCUT2D eigenvalue weighted by Gasteiger charge is 2.44. The van der Waals surface area contributed by atoms with Gasteiger partial charge in [0, 0.05) is 25.2 Å². The largest absolute Gasteiger partial charge is 0.490 e. The zero-order valence-corrected chi connectivity index (χ0v) is 17.9. The fourth-order valence-electron chi connectivity index (χ4n) is 3.46. The Balaban J connectivity index is 0.000000509. The van der Waals surface area contributed by atoms with E-state index in [-0.39, 0.29) is 49.7 Å². The van der Waals surface area contributed by atoms with Crippen LogP contribution in [0.3, 0.4) is 0 Å². The molecule has 1 aromatic rings. The lowest BCUT2D eigenvalue weighted by Gasteiger charge is -2.21. The Kier molecular flexibility index (Phi) is 8.91. The molecule has 0 radical (unpaired) electrons. The van der Waals surface area contributed by atoms with Crippen LogP contribution in [-0.4, -0.2) is 67.1 Å². The van der Waals surface area contributed by atoms with Crippen molar-refractivity contribution in [3.8, 4) is 5.88 Å². The number of carbonyl (C=O) groups is 2. The summed E-state index contributed by atoms with van der Waals surface area (Å²) in [6.07, 6.45) is -7.84. The van der Waals surface area contributed by atoms with Gasteiger partial charge in [0.05, 0.1) is 19.1 Å². The number of carboxylic acid groups (broad SMARTS) is 1. The molecule has 15 heteroatoms. The number of hydrogen-bond donors (Lipinski definition) is 3. The van der Waals surface area contributed by atoms with Crippen LogP contribution in [0.5, 0.6) is 5.88 Å². The maximum Gasteiger partial charge on any atom is 0.490 e. The van der Waals surface area contributed by atoms with E-state index in [0.29, 0.717) is 5.56 Å². The number of nitrogens with one attached hydrogen (secondary N) is 2. The SMILES string of the molecule is COc1nc(N2CCC(C(F)(F)F)C2)c(F)cc1CNC(=O)[C@@H]1CCCN1.O=C(O)C(F)(F)F. The standard InChI is InChI=1S/C17H22F4N4O2.C2HF3O2/c1-27-16-10(8-23-15(26)13-3-2-5-22-13)7-12(18)14(24-16)25-6-4-11(9-25)17(19,20)21;3-2(4,5)1(6)7/h7,11,13,22H,2-6,8-9H2,1H3,(H,23,26);(H,6,7)/t11?,13-;/m0./s1. The highest BCUT2D eigenvalue weighted by atomic mass is 19.4. The molecule has 0 bridgehead atoms. The number of pyridine rings is 1. The molecule has 2 aliphatic rings. The summed E-state index contributed by atoms with van der Waals surface area (Å²) in [5.41, 5.74) is 0.330. The van der Waals surface area contributed by atoms with E-state index in [4.69, 9.17) is 14.6 Å². The molecular weight excluding hydrogens is 481 g/mol. The van der Waals surface area contributed by atoms with Crippen molar-refractivity contribution < 1.29 is 50.2 Å². The van der Waals surface area contributed by atoms with Crippen molar-refractivity contribution in [2.75, 3.05) is 31.6 Å². The predicted octanol–water partition coefficient (Wildman–Crippen LogP) is 2.62. The van der Waals surface area contributed by atoms with Crippen molar-refractivity contribution in [1.29, 1.82) is 0 Å². The number of amides is 1. The first-order valence-corrected chi connectivity index (χ1v) is 10.1. The molecule has 1 aromatic heterocycles. The summed E-state index contributed by atoms with van der Waals surface area (Å²) in [7, 11) is 1.34. The summed E-state index contributed by atoms with van der Waals surface area (Å²) in [5.74, 6) is -5.25. The number of anilines is 1. The van der Waals surface area contributed by atoms with Crippen molar-refractivity contribution in [2.24, 2.45) is 5.92 Å². The third-order valence-corrected chi connectivity index (χ3v) is 5.21. The van der Waals surface area contributed by atoms with Crippen LogP contribution in [0.25, 0.3) is 0 Å². The molecule has 2 aliphatic heterocycles. The quantitative estimate of drug-likeness (QED) is 0.530. The number of ether oxygens (including phenoxy) is 1. The number of aromatic nitrogens is 1. The molecule has 0 spiro atoms. The van der Waals surface area contributed by atoms with Crippen LogP contribution in [-0.2, 0) is 16.1 Å². The molecule has 1 unspecified atom stereocenters. The van der Waals surface area contributed by atoms with Gasteiger partial charge in [0.2, 0.25) is 11.8 Å². The lowest BCUT2D eigenvalue weighted by atomic mass is 10.1. The minimum atomic E-state index is -5.08. The van der Waals surface area contributed by atoms with E-state index in [1.54, 1.807) is 0 Å². The normalized spacial score (nSPS) is 20.5. The maximum atomic E-state index is 14.5. The fourth-order valence-corrected chi connectivity index (χ4v) is 3.46. The van der Waals surface area contributed by atoms with Gasteiger partial charge in [-0.05, 0) is 31.9 Å². The first-order chi connectivity index (χ1) is 15.7. The van der Waals surface area contributed by atoms with Crippen LogP contribution in [0.2, 0.25) is 0 Å². The van der Waals surface area contributed by atoms with Crippen LogP contribution in [0, 0.1) is 11.7 Å². The highest BCUT2D eigenvalue weighted by molar-refractivity contribution is 5.82. The summed E-state index contributed by atoms with van der Waals surface area (Å²) in [6.45, 7) is 0.539. The van der Waals surface area contributed by atoms with Crippen molar-refractivity contribution in [2.45, 2.75) is 44.2 Å². The average molecular weight is 504 g/mol. The zero-order valence-electron chi connectivity index (χ0n) is 17.9. The Bertz CT molecular complexity index is 873. The predicted molar refractivity (Wildman–Crippen MR) is 104 cm³/mol. The Labute approximate surface area is 189 Å². The van der Waals surface area contributed by atoms with Crippen LogP contribution in [0.4, 0.5) is 36.6 Å². The summed E-state index contributed by atoms with van der Waals surface area (Å²) in [5, 5.41) is 12.9. The molecule has 0 saturated carbocycles. The summed E-state index contributed by atoms with van der Waals surface area (Å²) < 4.78 is 90.0. The minimum Gasteiger partial charge on any atom is -0.481 e. The summed E-state index contributed by atoms with van der Waals surface area (Å²) in [4.78, 5) is 26.3. The molecule has 2 saturated heterocycles. The molecule has 1 amide bonds. The van der Waals surface area contributed by atoms with Gasteiger partial charge in [-0.25, -0.2) is 9.18 Å². The second-order valence-corrected chi connectivity index (χ2v) is 7.61. The van der Waals surface area contributed by atoms with E-state index in [2.05, 4.69) is 15.6 Å². The minimum absolute atomic E-state index is 0.0234. The van der Waals surface area contributed by atoms with Gasteiger partial charge in [-0.15, -0.1) is 0 Å². The van der Waals surface area contributed by atoms with Gasteiger partial charge in [0.1, 0.15) is 0 Å². The first kappa shape index (κ1) is 27.4. The van der Waals surface area contributed by atoms with Crippen molar-refractivity contribution in [3.63, 3.8) is 0 Å². The van der Waals surface area contributed by atoms with Gasteiger partial charge in [-0.2, -0.15) is 31.3 Å². The molecule has 8 nitrogen and oxygen atoms in total. The summed E-state index contributed by atoms with van der Waals surface area (Å²) >= 11 is 0. The van der Waals surface area contributed by atoms with Gasteiger partial charge in [0.15, 0.2) is 11.6 Å². The van der Waals surface area contributed by atoms with Crippen LogP contribution >= 0.6 is 0 Å². The molecular formula is C19H23F7N4O4. The van der Waals surface area contributed by atoms with Crippen LogP contribution < -0.4 is 20.3 Å². The molecule has 0 aliphatic carbocycles. The third kappa shape index (κ3) is 7.33. The van der Waals surface area contributed by atoms with Crippen molar-refractivity contribution >= 4 is 17.7 Å². The lowest BCUT2D eigenvalue weighted by molar-refractivity contribution is -0.192. The third-order valence-electron chi connectivity index (χ3n) is 5.21. The van der Waals surface area contributed by atoms with E-state index >= 15 is 0 Å². The number of hydrogen-bond acceptors (Lipinski definition) is 6. The molecule has 192 valence electrons. The van der Waals surface area contributed by atoms with Crippen LogP contribution in [0.15, 0.2) is 6.07 Å². The monoisotopic (exact) mass is 504 g/mol. The van der Waals surface area contributed by atoms with E-state index in [9.17, 15) is 35.5 Å². The van der Waals surface area contributed by atoms with Gasteiger partial charge in [0.25, 0.3) is 0 Å². The summed E-state index contributed by atoms with van der Waals surface area (Å²) in [6, 6.07) is 0.890. The molecule has 3 N–H and O–H groups in total. The number of aliphatic carboxylic acids is 1. The first-order valence-electron chi connectivity index (χ1n) is 10.1. The number of carboxylic acids is 1. The lowest BCUT2D eigenvalue weighted by Crippen LogP contribution is -2.40. The second kappa shape index (κ2) is 11.1. The van der Waals surface area contributed by atoms with Gasteiger partial charge in [-0.3, -0.25) is 4.79 Å². The van der Waals surface area contributed by atoms with Gasteiger partial charge in [-0.1, -0.05) is 0 Å². The van der Waals surface area contributed by atoms with Gasteiger partial charge >= 0.3 is 18.3 Å². The smallest absolute Gasteiger partial charge is 0.481 e. The van der Waals surface area contributed by atoms with E-state index in [0.717, 1.165) is 25.5 Å². The zero-order chi connectivity index (χ0) is 25.7. The molecule has 34 heavy (non-hydrogen) atoms. The maximum absolute atomic E-state index is 14.5. The fraction of sp³-hybridized carbons (Fsp3) is 0.632. The second-order valence-electron chi connectivity index (χ2n) is 7.61. The van der Waals surface area contributed by atoms with E-state index < -0.39 is 30.1 Å². The number of halogens is 7. The highest BCUT2D eigenvalue weighted by Crippen LogP contribution is 2.36.